The van der Waals surface area contributed by atoms with Gasteiger partial charge in [0.25, 0.3) is 5.91 Å². The van der Waals surface area contributed by atoms with E-state index in [4.69, 9.17) is 5.73 Å². The van der Waals surface area contributed by atoms with Crippen molar-refractivity contribution in [3.8, 4) is 0 Å². The standard InChI is InChI=1S/C19H22N4O2/c1-13-3-4-15(9-14(13)2)11-22-7-8-23(12-18(22)24)19(25)16-5-6-21-17(20)10-16/h3-6,9-10H,7-8,11-12H2,1-2H3,(H2,20,21). The number of aromatic nitrogens is 1. The fourth-order valence-corrected chi connectivity index (χ4v) is 2.94. The summed E-state index contributed by atoms with van der Waals surface area (Å²) in [6.07, 6.45) is 1.50. The van der Waals surface area contributed by atoms with E-state index in [-0.39, 0.29) is 18.4 Å². The Morgan fingerprint density at radius 2 is 1.96 bits per heavy atom. The van der Waals surface area contributed by atoms with Crippen LogP contribution >= 0.6 is 0 Å². The number of pyridine rings is 1. The first kappa shape index (κ1) is 17.0. The van der Waals surface area contributed by atoms with Gasteiger partial charge in [0.15, 0.2) is 0 Å². The first-order valence-corrected chi connectivity index (χ1v) is 8.29. The molecule has 1 fully saturated rings. The molecular weight excluding hydrogens is 316 g/mol. The molecule has 25 heavy (non-hydrogen) atoms. The van der Waals surface area contributed by atoms with Crippen LogP contribution in [0.15, 0.2) is 36.5 Å². The summed E-state index contributed by atoms with van der Waals surface area (Å²) in [4.78, 5) is 32.2. The molecule has 0 spiro atoms. The molecule has 3 rings (SSSR count). The molecule has 0 radical (unpaired) electrons. The van der Waals surface area contributed by atoms with Gasteiger partial charge in [0.1, 0.15) is 12.4 Å². The van der Waals surface area contributed by atoms with Crippen LogP contribution in [0.4, 0.5) is 5.82 Å². The van der Waals surface area contributed by atoms with Crippen LogP contribution in [-0.2, 0) is 11.3 Å². The fourth-order valence-electron chi connectivity index (χ4n) is 2.94. The lowest BCUT2D eigenvalue weighted by molar-refractivity contribution is -0.135. The highest BCUT2D eigenvalue weighted by Crippen LogP contribution is 2.15. The van der Waals surface area contributed by atoms with Crippen LogP contribution in [0.1, 0.15) is 27.0 Å². The van der Waals surface area contributed by atoms with E-state index in [1.165, 1.54) is 23.4 Å². The highest BCUT2D eigenvalue weighted by molar-refractivity contribution is 5.97. The molecular formula is C19H22N4O2. The van der Waals surface area contributed by atoms with Gasteiger partial charge >= 0.3 is 0 Å². The average molecular weight is 338 g/mol. The van der Waals surface area contributed by atoms with Gasteiger partial charge < -0.3 is 15.5 Å². The molecule has 2 N–H and O–H groups in total. The molecule has 2 heterocycles. The molecule has 1 aliphatic heterocycles. The van der Waals surface area contributed by atoms with E-state index < -0.39 is 0 Å². The molecule has 2 amide bonds. The molecule has 0 aliphatic carbocycles. The number of rotatable bonds is 3. The van der Waals surface area contributed by atoms with Gasteiger partial charge in [-0.2, -0.15) is 0 Å². The molecule has 0 atom stereocenters. The minimum atomic E-state index is -0.187. The lowest BCUT2D eigenvalue weighted by Crippen LogP contribution is -2.51. The number of hydrogen-bond donors (Lipinski definition) is 1. The minimum Gasteiger partial charge on any atom is -0.384 e. The number of aryl methyl sites for hydroxylation is 2. The van der Waals surface area contributed by atoms with Crippen molar-refractivity contribution in [3.05, 3.63) is 58.8 Å². The number of benzene rings is 1. The summed E-state index contributed by atoms with van der Waals surface area (Å²) >= 11 is 0. The Morgan fingerprint density at radius 1 is 1.16 bits per heavy atom. The highest BCUT2D eigenvalue weighted by Gasteiger charge is 2.27. The normalized spacial score (nSPS) is 14.7. The molecule has 0 saturated carbocycles. The van der Waals surface area contributed by atoms with Crippen LogP contribution in [0.5, 0.6) is 0 Å². The van der Waals surface area contributed by atoms with E-state index >= 15 is 0 Å². The summed E-state index contributed by atoms with van der Waals surface area (Å²) in [6, 6.07) is 9.38. The van der Waals surface area contributed by atoms with Gasteiger partial charge in [-0.05, 0) is 42.7 Å². The summed E-state index contributed by atoms with van der Waals surface area (Å²) in [7, 11) is 0. The minimum absolute atomic E-state index is 0.0418. The predicted octanol–water partition coefficient (Wildman–Crippen LogP) is 1.77. The summed E-state index contributed by atoms with van der Waals surface area (Å²) in [6.45, 7) is 5.84. The second kappa shape index (κ2) is 6.93. The molecule has 6 nitrogen and oxygen atoms in total. The molecule has 2 aromatic rings. The van der Waals surface area contributed by atoms with Gasteiger partial charge in [-0.3, -0.25) is 9.59 Å². The van der Waals surface area contributed by atoms with Crippen molar-refractivity contribution in [3.63, 3.8) is 0 Å². The summed E-state index contributed by atoms with van der Waals surface area (Å²) in [5.74, 6) is 0.0682. The third-order valence-corrected chi connectivity index (χ3v) is 4.58. The monoisotopic (exact) mass is 338 g/mol. The molecule has 130 valence electrons. The molecule has 1 aliphatic rings. The van der Waals surface area contributed by atoms with Crippen molar-refractivity contribution >= 4 is 17.6 Å². The zero-order chi connectivity index (χ0) is 18.0. The maximum Gasteiger partial charge on any atom is 0.254 e. The molecule has 1 aromatic heterocycles. The number of piperazine rings is 1. The van der Waals surface area contributed by atoms with Gasteiger partial charge in [0, 0.05) is 31.4 Å². The third kappa shape index (κ3) is 3.79. The Kier molecular flexibility index (Phi) is 4.70. The number of nitrogen functional groups attached to an aromatic ring is 1. The summed E-state index contributed by atoms with van der Waals surface area (Å²) in [5.41, 5.74) is 9.65. The zero-order valence-electron chi connectivity index (χ0n) is 14.5. The lowest BCUT2D eigenvalue weighted by Gasteiger charge is -2.34. The smallest absolute Gasteiger partial charge is 0.254 e. The van der Waals surface area contributed by atoms with Crippen molar-refractivity contribution < 1.29 is 9.59 Å². The fraction of sp³-hybridized carbons (Fsp3) is 0.316. The summed E-state index contributed by atoms with van der Waals surface area (Å²) < 4.78 is 0. The van der Waals surface area contributed by atoms with Crippen molar-refractivity contribution in [1.82, 2.24) is 14.8 Å². The molecule has 1 saturated heterocycles. The first-order valence-electron chi connectivity index (χ1n) is 8.29. The summed E-state index contributed by atoms with van der Waals surface area (Å²) in [5, 5.41) is 0. The van der Waals surface area contributed by atoms with Gasteiger partial charge in [-0.25, -0.2) is 4.98 Å². The topological polar surface area (TPSA) is 79.5 Å². The van der Waals surface area contributed by atoms with Gasteiger partial charge in [-0.1, -0.05) is 18.2 Å². The van der Waals surface area contributed by atoms with Crippen molar-refractivity contribution in [1.29, 1.82) is 0 Å². The van der Waals surface area contributed by atoms with E-state index in [1.54, 1.807) is 15.9 Å². The quantitative estimate of drug-likeness (QED) is 0.925. The van der Waals surface area contributed by atoms with E-state index in [2.05, 4.69) is 31.0 Å². The van der Waals surface area contributed by atoms with Crippen LogP contribution < -0.4 is 5.73 Å². The van der Waals surface area contributed by atoms with E-state index in [1.807, 2.05) is 6.07 Å². The SMILES string of the molecule is Cc1ccc(CN2CCN(C(=O)c3ccnc(N)c3)CC2=O)cc1C. The van der Waals surface area contributed by atoms with Crippen molar-refractivity contribution in [2.75, 3.05) is 25.4 Å². The number of hydrogen-bond acceptors (Lipinski definition) is 4. The number of carbonyl (C=O) groups excluding carboxylic acids is 2. The van der Waals surface area contributed by atoms with Gasteiger partial charge in [0.2, 0.25) is 5.91 Å². The first-order chi connectivity index (χ1) is 11.9. The molecule has 1 aromatic carbocycles. The van der Waals surface area contributed by atoms with Gasteiger partial charge in [-0.15, -0.1) is 0 Å². The number of amides is 2. The molecule has 0 unspecified atom stereocenters. The number of nitrogens with two attached hydrogens (primary N) is 1. The van der Waals surface area contributed by atoms with Crippen LogP contribution in [-0.4, -0.2) is 46.2 Å². The van der Waals surface area contributed by atoms with Crippen LogP contribution in [0.3, 0.4) is 0 Å². The van der Waals surface area contributed by atoms with E-state index in [9.17, 15) is 9.59 Å². The Morgan fingerprint density at radius 3 is 2.64 bits per heavy atom. The second-order valence-electron chi connectivity index (χ2n) is 6.43. The van der Waals surface area contributed by atoms with Crippen LogP contribution in [0.25, 0.3) is 0 Å². The van der Waals surface area contributed by atoms with Crippen LogP contribution in [0.2, 0.25) is 0 Å². The van der Waals surface area contributed by atoms with Gasteiger partial charge in [0.05, 0.1) is 0 Å². The zero-order valence-corrected chi connectivity index (χ0v) is 14.5. The maximum atomic E-state index is 12.5. The molecule has 6 heteroatoms. The second-order valence-corrected chi connectivity index (χ2v) is 6.43. The van der Waals surface area contributed by atoms with E-state index in [0.29, 0.717) is 31.0 Å². The Labute approximate surface area is 147 Å². The van der Waals surface area contributed by atoms with Crippen molar-refractivity contribution in [2.45, 2.75) is 20.4 Å². The lowest BCUT2D eigenvalue weighted by atomic mass is 10.1. The third-order valence-electron chi connectivity index (χ3n) is 4.58. The molecule has 0 bridgehead atoms. The average Bonchev–Trinajstić information content (AvgIpc) is 2.59. The largest absolute Gasteiger partial charge is 0.384 e. The predicted molar refractivity (Wildman–Crippen MR) is 95.9 cm³/mol. The number of carbonyl (C=O) groups is 2. The number of anilines is 1. The maximum absolute atomic E-state index is 12.5. The van der Waals surface area contributed by atoms with E-state index in [0.717, 1.165) is 5.56 Å². The van der Waals surface area contributed by atoms with Crippen molar-refractivity contribution in [2.24, 2.45) is 0 Å². The van der Waals surface area contributed by atoms with Crippen LogP contribution in [0, 0.1) is 13.8 Å². The Hall–Kier alpha value is -2.89. The Bertz CT molecular complexity index is 819. The highest BCUT2D eigenvalue weighted by atomic mass is 16.2. The Balaban J connectivity index is 1.65. The number of nitrogens with zero attached hydrogens (tertiary/aromatic N) is 3.